The average Bonchev–Trinajstić information content (AvgIpc) is 3.16. The molecule has 3 N–H and O–H groups in total. The summed E-state index contributed by atoms with van der Waals surface area (Å²) in [6.45, 7) is 4.66. The van der Waals surface area contributed by atoms with Crippen LogP contribution in [-0.4, -0.2) is 54.2 Å². The first-order chi connectivity index (χ1) is 13.9. The molecule has 1 amide bonds. The minimum atomic E-state index is -0.246. The zero-order chi connectivity index (χ0) is 20.5. The van der Waals surface area contributed by atoms with E-state index >= 15 is 0 Å². The largest absolute Gasteiger partial charge is 0.398 e. The highest BCUT2D eigenvalue weighted by atomic mass is 79.9. The van der Waals surface area contributed by atoms with E-state index in [1.54, 1.807) is 0 Å². The number of rotatable bonds is 5. The first-order valence-corrected chi connectivity index (χ1v) is 11.9. The Labute approximate surface area is 190 Å². The van der Waals surface area contributed by atoms with E-state index in [9.17, 15) is 9.59 Å². The molecule has 1 unspecified atom stereocenters. The number of anilines is 1. The van der Waals surface area contributed by atoms with Crippen molar-refractivity contribution in [1.29, 1.82) is 0 Å². The van der Waals surface area contributed by atoms with Gasteiger partial charge in [-0.3, -0.25) is 19.4 Å². The molecule has 1 aliphatic carbocycles. The first kappa shape index (κ1) is 21.0. The Hall–Kier alpha value is -1.26. The lowest BCUT2D eigenvalue weighted by molar-refractivity contribution is -0.123. The molecule has 1 saturated heterocycles. The number of nitrogens with one attached hydrogen (secondary N) is 1. The van der Waals surface area contributed by atoms with Crippen molar-refractivity contribution in [2.75, 3.05) is 38.5 Å². The lowest BCUT2D eigenvalue weighted by atomic mass is 10.1. The van der Waals surface area contributed by atoms with Gasteiger partial charge in [-0.1, -0.05) is 18.2 Å². The molecule has 2 aromatic rings. The number of nitrogens with zero attached hydrogens (tertiary/aromatic N) is 2. The smallest absolute Gasteiger partial charge is 0.234 e. The minimum absolute atomic E-state index is 0.0365. The molecule has 1 atom stereocenters. The number of piperazine rings is 1. The first-order valence-electron chi connectivity index (χ1n) is 9.50. The molecule has 2 heterocycles. The number of thiophene rings is 1. The second-order valence-electron chi connectivity index (χ2n) is 7.44. The molecule has 9 heteroatoms. The van der Waals surface area contributed by atoms with Gasteiger partial charge in [0.2, 0.25) is 5.91 Å². The quantitative estimate of drug-likeness (QED) is 0.567. The third-order valence-corrected chi connectivity index (χ3v) is 8.07. The molecule has 4 rings (SSSR count). The van der Waals surface area contributed by atoms with Gasteiger partial charge < -0.3 is 11.1 Å². The maximum absolute atomic E-state index is 12.6. The second kappa shape index (κ2) is 8.85. The fraction of sp³-hybridized carbons (Fsp3) is 0.400. The van der Waals surface area contributed by atoms with Crippen molar-refractivity contribution in [3.05, 3.63) is 48.5 Å². The number of hydrogen-bond acceptors (Lipinski definition) is 6. The summed E-state index contributed by atoms with van der Waals surface area (Å²) in [5.74, 6) is 0.0403. The van der Waals surface area contributed by atoms with Crippen molar-refractivity contribution in [3.8, 4) is 0 Å². The van der Waals surface area contributed by atoms with Crippen molar-refractivity contribution in [3.63, 3.8) is 0 Å². The van der Waals surface area contributed by atoms with Crippen LogP contribution in [0.2, 0.25) is 0 Å². The summed E-state index contributed by atoms with van der Waals surface area (Å²) in [6.07, 6.45) is 0.327. The number of halogens is 2. The maximum atomic E-state index is 12.6. The predicted octanol–water partition coefficient (Wildman–Crippen LogP) is 3.42. The molecule has 1 aromatic carbocycles. The van der Waals surface area contributed by atoms with Gasteiger partial charge in [0.25, 0.3) is 0 Å². The monoisotopic (exact) mass is 540 g/mol. The van der Waals surface area contributed by atoms with Gasteiger partial charge >= 0.3 is 0 Å². The number of fused-ring (bicyclic) bond motifs is 1. The van der Waals surface area contributed by atoms with Gasteiger partial charge in [0.1, 0.15) is 0 Å². The summed E-state index contributed by atoms with van der Waals surface area (Å²) >= 11 is 8.45. The lowest BCUT2D eigenvalue weighted by Crippen LogP contribution is -2.49. The number of carbonyl (C=O) groups excluding carboxylic acids is 2. The molecule has 0 radical (unpaired) electrons. The molecule has 1 aliphatic heterocycles. The molecule has 0 bridgehead atoms. The predicted molar refractivity (Wildman–Crippen MR) is 122 cm³/mol. The third-order valence-electron chi connectivity index (χ3n) is 5.49. The third kappa shape index (κ3) is 4.59. The van der Waals surface area contributed by atoms with E-state index in [2.05, 4.69) is 53.0 Å². The van der Waals surface area contributed by atoms with Gasteiger partial charge in [-0.05, 0) is 43.5 Å². The molecule has 154 valence electrons. The standard InChI is InChI=1S/C20H22Br2N4O2S/c21-19-17-14(9-15(27)18(17)20(22)29-19)24-16(28)11-26-7-5-25(6-8-26)10-12-3-1-2-4-13(12)23/h1-4,14H,5-11,23H2,(H,24,28). The van der Waals surface area contributed by atoms with Gasteiger partial charge in [0.15, 0.2) is 5.78 Å². The number of para-hydroxylation sites is 1. The van der Waals surface area contributed by atoms with Gasteiger partial charge in [-0.2, -0.15) is 0 Å². The molecule has 0 spiro atoms. The highest BCUT2D eigenvalue weighted by molar-refractivity contribution is 9.12. The summed E-state index contributed by atoms with van der Waals surface area (Å²) in [5.41, 5.74) is 9.63. The highest BCUT2D eigenvalue weighted by Gasteiger charge is 2.36. The van der Waals surface area contributed by atoms with Crippen LogP contribution in [0.4, 0.5) is 5.69 Å². The summed E-state index contributed by atoms with van der Waals surface area (Å²) in [6, 6.07) is 7.70. The zero-order valence-corrected chi connectivity index (χ0v) is 19.8. The molecule has 0 saturated carbocycles. The molecule has 1 aromatic heterocycles. The Morgan fingerprint density at radius 3 is 2.55 bits per heavy atom. The SMILES string of the molecule is Nc1ccccc1CN1CCN(CC(=O)NC2CC(=O)c3c(Br)sc(Br)c32)CC1. The van der Waals surface area contributed by atoms with E-state index in [1.807, 2.05) is 18.2 Å². The van der Waals surface area contributed by atoms with Crippen LogP contribution in [0.25, 0.3) is 0 Å². The Morgan fingerprint density at radius 2 is 1.83 bits per heavy atom. The number of benzene rings is 1. The Kier molecular flexibility index (Phi) is 6.41. The van der Waals surface area contributed by atoms with Crippen LogP contribution in [0.1, 0.15) is 33.9 Å². The topological polar surface area (TPSA) is 78.7 Å². The van der Waals surface area contributed by atoms with E-state index in [0.717, 1.165) is 57.1 Å². The summed E-state index contributed by atoms with van der Waals surface area (Å²) < 4.78 is 1.74. The molecular weight excluding hydrogens is 520 g/mol. The lowest BCUT2D eigenvalue weighted by Gasteiger charge is -2.34. The zero-order valence-electron chi connectivity index (χ0n) is 15.8. The van der Waals surface area contributed by atoms with E-state index in [4.69, 9.17) is 5.73 Å². The Morgan fingerprint density at radius 1 is 1.14 bits per heavy atom. The van der Waals surface area contributed by atoms with Crippen molar-refractivity contribution in [1.82, 2.24) is 15.1 Å². The second-order valence-corrected chi connectivity index (χ2v) is 11.1. The van der Waals surface area contributed by atoms with Crippen LogP contribution in [0.15, 0.2) is 31.8 Å². The Balaban J connectivity index is 1.28. The normalized spacial score (nSPS) is 20.1. The van der Waals surface area contributed by atoms with Gasteiger partial charge in [0.05, 0.1) is 20.2 Å². The molecule has 6 nitrogen and oxygen atoms in total. The number of Topliss-reactive ketones (excluding diaryl/α,β-unsaturated/α-hetero) is 1. The average molecular weight is 542 g/mol. The fourth-order valence-corrected chi connectivity index (χ4v) is 7.31. The summed E-state index contributed by atoms with van der Waals surface area (Å²) in [5, 5.41) is 3.05. The van der Waals surface area contributed by atoms with Crippen molar-refractivity contribution >= 4 is 60.6 Å². The number of nitrogens with two attached hydrogens (primary N) is 1. The molecule has 29 heavy (non-hydrogen) atoms. The number of nitrogen functional groups attached to an aromatic ring is 1. The fourth-order valence-electron chi connectivity index (χ4n) is 3.94. The van der Waals surface area contributed by atoms with E-state index in [0.29, 0.717) is 18.5 Å². The van der Waals surface area contributed by atoms with Crippen LogP contribution < -0.4 is 11.1 Å². The van der Waals surface area contributed by atoms with Crippen molar-refractivity contribution in [2.45, 2.75) is 19.0 Å². The van der Waals surface area contributed by atoms with E-state index in [1.165, 1.54) is 11.3 Å². The van der Waals surface area contributed by atoms with Crippen LogP contribution in [0, 0.1) is 0 Å². The van der Waals surface area contributed by atoms with Crippen molar-refractivity contribution in [2.24, 2.45) is 0 Å². The number of carbonyl (C=O) groups is 2. The van der Waals surface area contributed by atoms with Crippen LogP contribution in [0.3, 0.4) is 0 Å². The van der Waals surface area contributed by atoms with Crippen LogP contribution >= 0.6 is 43.2 Å². The van der Waals surface area contributed by atoms with Gasteiger partial charge in [-0.25, -0.2) is 0 Å². The van der Waals surface area contributed by atoms with Gasteiger partial charge in [-0.15, -0.1) is 11.3 Å². The van der Waals surface area contributed by atoms with Gasteiger partial charge in [0, 0.05) is 56.0 Å². The number of amides is 1. The van der Waals surface area contributed by atoms with Crippen LogP contribution in [0.5, 0.6) is 0 Å². The minimum Gasteiger partial charge on any atom is -0.398 e. The molecule has 2 aliphatic rings. The highest BCUT2D eigenvalue weighted by Crippen LogP contribution is 2.46. The molecule has 1 fully saturated rings. The van der Waals surface area contributed by atoms with E-state index in [-0.39, 0.29) is 17.7 Å². The van der Waals surface area contributed by atoms with E-state index < -0.39 is 0 Å². The van der Waals surface area contributed by atoms with Crippen molar-refractivity contribution < 1.29 is 9.59 Å². The van der Waals surface area contributed by atoms with Crippen LogP contribution in [-0.2, 0) is 11.3 Å². The maximum Gasteiger partial charge on any atom is 0.234 e. The summed E-state index contributed by atoms with van der Waals surface area (Å²) in [4.78, 5) is 29.4. The summed E-state index contributed by atoms with van der Waals surface area (Å²) in [7, 11) is 0. The Bertz CT molecular complexity index is 941. The molecular formula is C20H22Br2N4O2S. The number of ketones is 1. The number of hydrogen-bond donors (Lipinski definition) is 2.